The maximum atomic E-state index is 12.9. The van der Waals surface area contributed by atoms with Gasteiger partial charge in [0.25, 0.3) is 0 Å². The molecule has 0 aromatic carbocycles. The minimum atomic E-state index is -1.92. The van der Waals surface area contributed by atoms with Crippen LogP contribution in [0.4, 0.5) is 0 Å². The SMILES string of the molecule is CC(=O)O[C@H]1C=C[C@]2(C)[C@@H](OC(C)=O)C[C@@H](O)/C(C)=C/[C@@H]3OC(=O)[C@]4(C)O[C@]34[C@@H](OC(C)=O)[C@H]2[C@@]1(C)O. The van der Waals surface area contributed by atoms with Gasteiger partial charge in [-0.3, -0.25) is 14.4 Å². The van der Waals surface area contributed by atoms with Crippen LogP contribution in [0.15, 0.2) is 23.8 Å². The Morgan fingerprint density at radius 1 is 1.03 bits per heavy atom. The first-order valence-corrected chi connectivity index (χ1v) is 12.2. The van der Waals surface area contributed by atoms with Gasteiger partial charge in [-0.1, -0.05) is 13.0 Å². The molecular formula is C26H34O11. The molecule has 204 valence electrons. The highest BCUT2D eigenvalue weighted by Crippen LogP contribution is 2.65. The zero-order valence-electron chi connectivity index (χ0n) is 22.0. The Hall–Kier alpha value is -2.76. The van der Waals surface area contributed by atoms with Crippen molar-refractivity contribution >= 4 is 23.9 Å². The first-order chi connectivity index (χ1) is 17.0. The van der Waals surface area contributed by atoms with Crippen molar-refractivity contribution in [1.29, 1.82) is 0 Å². The van der Waals surface area contributed by atoms with Crippen LogP contribution in [0.3, 0.4) is 0 Å². The van der Waals surface area contributed by atoms with E-state index >= 15 is 0 Å². The number of epoxide rings is 1. The molecule has 0 radical (unpaired) electrons. The fourth-order valence-corrected chi connectivity index (χ4v) is 6.43. The monoisotopic (exact) mass is 522 g/mol. The Morgan fingerprint density at radius 2 is 1.62 bits per heavy atom. The molecule has 0 aromatic heterocycles. The van der Waals surface area contributed by atoms with Gasteiger partial charge in [0.15, 0.2) is 17.3 Å². The van der Waals surface area contributed by atoms with Crippen LogP contribution in [0.1, 0.15) is 54.9 Å². The Balaban J connectivity index is 2.02. The lowest BCUT2D eigenvalue weighted by Crippen LogP contribution is -2.67. The minimum absolute atomic E-state index is 0.0772. The zero-order valence-corrected chi connectivity index (χ0v) is 22.0. The quantitative estimate of drug-likeness (QED) is 0.235. The van der Waals surface area contributed by atoms with Crippen molar-refractivity contribution in [2.75, 3.05) is 0 Å². The first-order valence-electron chi connectivity index (χ1n) is 12.2. The second kappa shape index (κ2) is 8.64. The number of hydrogen-bond donors (Lipinski definition) is 2. The molecule has 0 saturated carbocycles. The molecule has 2 N–H and O–H groups in total. The molecule has 0 aromatic rings. The molecule has 11 nitrogen and oxygen atoms in total. The number of esters is 4. The second-order valence-corrected chi connectivity index (χ2v) is 11.0. The Kier molecular flexibility index (Phi) is 6.37. The van der Waals surface area contributed by atoms with Crippen molar-refractivity contribution < 1.29 is 53.1 Å². The zero-order chi connectivity index (χ0) is 27.7. The van der Waals surface area contributed by atoms with Gasteiger partial charge in [0.1, 0.15) is 23.9 Å². The van der Waals surface area contributed by atoms with Crippen LogP contribution in [0.25, 0.3) is 0 Å². The molecule has 37 heavy (non-hydrogen) atoms. The van der Waals surface area contributed by atoms with Crippen LogP contribution >= 0.6 is 0 Å². The van der Waals surface area contributed by atoms with E-state index in [2.05, 4.69) is 0 Å². The molecule has 4 rings (SSSR count). The number of fused-ring (bicyclic) bond motifs is 1. The summed E-state index contributed by atoms with van der Waals surface area (Å²) in [6, 6.07) is 0. The average molecular weight is 523 g/mol. The number of hydrogen-bond acceptors (Lipinski definition) is 11. The van der Waals surface area contributed by atoms with Gasteiger partial charge in [-0.2, -0.15) is 0 Å². The predicted molar refractivity (Wildman–Crippen MR) is 125 cm³/mol. The topological polar surface area (TPSA) is 158 Å². The summed E-state index contributed by atoms with van der Waals surface area (Å²) in [6.45, 7) is 9.86. The summed E-state index contributed by atoms with van der Waals surface area (Å²) in [6.07, 6.45) is -1.14. The summed E-state index contributed by atoms with van der Waals surface area (Å²) in [7, 11) is 0. The van der Waals surface area contributed by atoms with Crippen molar-refractivity contribution in [2.45, 2.75) is 102 Å². The van der Waals surface area contributed by atoms with E-state index in [1.165, 1.54) is 46.8 Å². The molecule has 2 aliphatic carbocycles. The third-order valence-corrected chi connectivity index (χ3v) is 8.32. The van der Waals surface area contributed by atoms with Gasteiger partial charge in [-0.15, -0.1) is 0 Å². The van der Waals surface area contributed by atoms with Crippen molar-refractivity contribution in [3.8, 4) is 0 Å². The largest absolute Gasteiger partial charge is 0.462 e. The lowest BCUT2D eigenvalue weighted by Gasteiger charge is -2.55. The number of ether oxygens (including phenoxy) is 5. The minimum Gasteiger partial charge on any atom is -0.462 e. The van der Waals surface area contributed by atoms with Crippen LogP contribution in [0.2, 0.25) is 0 Å². The molecule has 1 spiro atoms. The standard InChI is InChI=1S/C26H34O11/c1-12-10-19-26(25(7,37-26)22(31)36-19)21(35-15(4)29)20-23(5,18(11-16(12)30)34-14(3)28)9-8-17(24(20,6)32)33-13(2)27/h8-10,16-21,30,32H,11H2,1-7H3/b12-10+/t16-,17+,18+,19+,20-,21+,23-,24+,25+,26+/m1/s1. The highest BCUT2D eigenvalue weighted by molar-refractivity contribution is 5.89. The molecule has 4 aliphatic rings. The fraction of sp³-hybridized carbons (Fsp3) is 0.692. The van der Waals surface area contributed by atoms with Gasteiger partial charge in [0.05, 0.1) is 6.10 Å². The molecule has 0 unspecified atom stereocenters. The highest BCUT2D eigenvalue weighted by atomic mass is 16.7. The molecule has 0 amide bonds. The van der Waals surface area contributed by atoms with E-state index in [0.717, 1.165) is 0 Å². The molecule has 10 atom stereocenters. The summed E-state index contributed by atoms with van der Waals surface area (Å²) in [5.41, 5.74) is -5.89. The summed E-state index contributed by atoms with van der Waals surface area (Å²) >= 11 is 0. The summed E-state index contributed by atoms with van der Waals surface area (Å²) < 4.78 is 28.7. The van der Waals surface area contributed by atoms with E-state index < -0.39 is 82.5 Å². The third kappa shape index (κ3) is 3.98. The maximum absolute atomic E-state index is 12.9. The molecule has 2 aliphatic heterocycles. The van der Waals surface area contributed by atoms with Crippen LogP contribution in [0, 0.1) is 11.3 Å². The Bertz CT molecular complexity index is 1090. The van der Waals surface area contributed by atoms with E-state index in [1.54, 1.807) is 19.9 Å². The van der Waals surface area contributed by atoms with Gasteiger partial charge in [0, 0.05) is 38.5 Å². The van der Waals surface area contributed by atoms with E-state index in [9.17, 15) is 29.4 Å². The highest BCUT2D eigenvalue weighted by Gasteiger charge is 2.87. The lowest BCUT2D eigenvalue weighted by atomic mass is 9.55. The van der Waals surface area contributed by atoms with Gasteiger partial charge in [-0.05, 0) is 38.5 Å². The molecular weight excluding hydrogens is 488 g/mol. The Morgan fingerprint density at radius 3 is 2.16 bits per heavy atom. The summed E-state index contributed by atoms with van der Waals surface area (Å²) in [5.74, 6) is -3.85. The molecule has 0 bridgehead atoms. The lowest BCUT2D eigenvalue weighted by molar-refractivity contribution is -0.219. The van der Waals surface area contributed by atoms with Crippen molar-refractivity contribution in [3.05, 3.63) is 23.8 Å². The van der Waals surface area contributed by atoms with E-state index in [4.69, 9.17) is 23.7 Å². The number of aliphatic hydroxyl groups excluding tert-OH is 1. The first kappa shape index (κ1) is 27.3. The number of aliphatic hydroxyl groups is 2. The van der Waals surface area contributed by atoms with Crippen LogP contribution < -0.4 is 0 Å². The molecule has 2 heterocycles. The van der Waals surface area contributed by atoms with E-state index in [0.29, 0.717) is 5.57 Å². The molecule has 2 saturated heterocycles. The van der Waals surface area contributed by atoms with Crippen LogP contribution in [-0.2, 0) is 42.9 Å². The van der Waals surface area contributed by atoms with Crippen molar-refractivity contribution in [1.82, 2.24) is 0 Å². The van der Waals surface area contributed by atoms with Crippen molar-refractivity contribution in [3.63, 3.8) is 0 Å². The number of rotatable bonds is 3. The van der Waals surface area contributed by atoms with Gasteiger partial charge < -0.3 is 33.9 Å². The van der Waals surface area contributed by atoms with Gasteiger partial charge in [0.2, 0.25) is 0 Å². The summed E-state index contributed by atoms with van der Waals surface area (Å²) in [4.78, 5) is 49.5. The van der Waals surface area contributed by atoms with E-state index in [-0.39, 0.29) is 6.42 Å². The number of carbonyl (C=O) groups excluding carboxylic acids is 4. The van der Waals surface area contributed by atoms with Crippen LogP contribution in [-0.4, -0.2) is 81.4 Å². The third-order valence-electron chi connectivity index (χ3n) is 8.32. The van der Waals surface area contributed by atoms with E-state index in [1.807, 2.05) is 0 Å². The van der Waals surface area contributed by atoms with Gasteiger partial charge >= 0.3 is 23.9 Å². The van der Waals surface area contributed by atoms with Crippen molar-refractivity contribution in [2.24, 2.45) is 11.3 Å². The number of carbonyl (C=O) groups is 4. The normalized spacial score (nSPS) is 47.7. The van der Waals surface area contributed by atoms with Crippen LogP contribution in [0.5, 0.6) is 0 Å². The smallest absolute Gasteiger partial charge is 0.342 e. The maximum Gasteiger partial charge on any atom is 0.342 e. The molecule has 11 heteroatoms. The Labute approximate surface area is 214 Å². The molecule has 2 fully saturated rings. The van der Waals surface area contributed by atoms with Gasteiger partial charge in [-0.25, -0.2) is 4.79 Å². The second-order valence-electron chi connectivity index (χ2n) is 11.0. The average Bonchev–Trinajstić information content (AvgIpc) is 3.34. The predicted octanol–water partition coefficient (Wildman–Crippen LogP) is 0.889. The fourth-order valence-electron chi connectivity index (χ4n) is 6.43. The summed E-state index contributed by atoms with van der Waals surface area (Å²) in [5, 5.41) is 23.1.